The average molecular weight is 342 g/mol. The second-order valence-corrected chi connectivity index (χ2v) is 6.42. The zero-order chi connectivity index (χ0) is 17.5. The van der Waals surface area contributed by atoms with E-state index in [1.807, 2.05) is 0 Å². The van der Waals surface area contributed by atoms with Gasteiger partial charge in [0.1, 0.15) is 0 Å². The van der Waals surface area contributed by atoms with Crippen LogP contribution in [0.1, 0.15) is 31.4 Å². The smallest absolute Gasteiger partial charge is 0.159 e. The number of rotatable bonds is 8. The number of hydrogen-bond acceptors (Lipinski definition) is 4. The number of ether oxygens (including phenoxy) is 1. The van der Waals surface area contributed by atoms with E-state index in [9.17, 15) is 13.9 Å². The molecule has 0 aliphatic carbocycles. The van der Waals surface area contributed by atoms with E-state index in [1.165, 1.54) is 6.07 Å². The number of hydrogen-bond donors (Lipinski definition) is 1. The Morgan fingerprint density at radius 1 is 1.29 bits per heavy atom. The van der Waals surface area contributed by atoms with Gasteiger partial charge < -0.3 is 9.84 Å². The van der Waals surface area contributed by atoms with Crippen molar-refractivity contribution in [2.45, 2.75) is 31.9 Å². The lowest BCUT2D eigenvalue weighted by Crippen LogP contribution is -2.54. The molecular formula is C18H28F2N2O2. The maximum Gasteiger partial charge on any atom is 0.159 e. The molecule has 1 heterocycles. The van der Waals surface area contributed by atoms with Gasteiger partial charge in [-0.1, -0.05) is 19.4 Å². The topological polar surface area (TPSA) is 35.9 Å². The van der Waals surface area contributed by atoms with Crippen LogP contribution in [0, 0.1) is 11.6 Å². The second-order valence-electron chi connectivity index (χ2n) is 6.42. The first-order chi connectivity index (χ1) is 11.5. The van der Waals surface area contributed by atoms with Crippen molar-refractivity contribution >= 4 is 0 Å². The quantitative estimate of drug-likeness (QED) is 0.787. The number of nitrogens with zero attached hydrogens (tertiary/aromatic N) is 2. The predicted molar refractivity (Wildman–Crippen MR) is 89.9 cm³/mol. The summed E-state index contributed by atoms with van der Waals surface area (Å²) in [5, 5.41) is 10.3. The molecule has 1 aromatic rings. The van der Waals surface area contributed by atoms with E-state index in [4.69, 9.17) is 4.74 Å². The minimum Gasteiger partial charge on any atom is -0.387 e. The summed E-state index contributed by atoms with van der Waals surface area (Å²) in [5.41, 5.74) is 0.419. The van der Waals surface area contributed by atoms with Gasteiger partial charge in [-0.25, -0.2) is 8.78 Å². The Balaban J connectivity index is 1.93. The van der Waals surface area contributed by atoms with Gasteiger partial charge in [-0.15, -0.1) is 0 Å². The minimum absolute atomic E-state index is 0.419. The number of methoxy groups -OCH3 is 1. The molecule has 0 aromatic heterocycles. The summed E-state index contributed by atoms with van der Waals surface area (Å²) >= 11 is 0. The Hall–Kier alpha value is -1.08. The Bertz CT molecular complexity index is 516. The van der Waals surface area contributed by atoms with Gasteiger partial charge >= 0.3 is 0 Å². The largest absolute Gasteiger partial charge is 0.387 e. The number of piperazine rings is 1. The van der Waals surface area contributed by atoms with Crippen molar-refractivity contribution in [2.75, 3.05) is 46.4 Å². The molecule has 2 unspecified atom stereocenters. The van der Waals surface area contributed by atoms with Gasteiger partial charge in [-0.3, -0.25) is 9.80 Å². The van der Waals surface area contributed by atoms with Crippen LogP contribution in [-0.4, -0.2) is 67.4 Å². The third kappa shape index (κ3) is 5.21. The van der Waals surface area contributed by atoms with Crippen molar-refractivity contribution in [3.05, 3.63) is 35.4 Å². The van der Waals surface area contributed by atoms with Gasteiger partial charge in [0.05, 0.1) is 12.7 Å². The average Bonchev–Trinajstić information content (AvgIpc) is 2.57. The molecule has 1 N–H and O–H groups in total. The van der Waals surface area contributed by atoms with Crippen LogP contribution >= 0.6 is 0 Å². The highest BCUT2D eigenvalue weighted by Gasteiger charge is 2.27. The standard InChI is InChI=1S/C18H28F2N2O2/c1-3-4-15-12-21(7-8-22(15)9-10-24-2)13-18(23)14-5-6-16(19)17(20)11-14/h5-6,11,15,18,23H,3-4,7-10,12-13H2,1-2H3. The van der Waals surface area contributed by atoms with Crippen molar-refractivity contribution in [3.8, 4) is 0 Å². The highest BCUT2D eigenvalue weighted by atomic mass is 19.2. The molecule has 1 aromatic carbocycles. The molecule has 2 rings (SSSR count). The Morgan fingerprint density at radius 3 is 2.75 bits per heavy atom. The lowest BCUT2D eigenvalue weighted by molar-refractivity contribution is 0.0241. The maximum atomic E-state index is 13.3. The fraction of sp³-hybridized carbons (Fsp3) is 0.667. The highest BCUT2D eigenvalue weighted by molar-refractivity contribution is 5.20. The molecule has 0 radical (unpaired) electrons. The van der Waals surface area contributed by atoms with Crippen LogP contribution < -0.4 is 0 Å². The van der Waals surface area contributed by atoms with Crippen LogP contribution in [-0.2, 0) is 4.74 Å². The summed E-state index contributed by atoms with van der Waals surface area (Å²) < 4.78 is 31.5. The van der Waals surface area contributed by atoms with Crippen LogP contribution in [0.5, 0.6) is 0 Å². The van der Waals surface area contributed by atoms with Gasteiger partial charge in [-0.2, -0.15) is 0 Å². The summed E-state index contributed by atoms with van der Waals surface area (Å²) in [7, 11) is 1.71. The zero-order valence-corrected chi connectivity index (χ0v) is 14.5. The maximum absolute atomic E-state index is 13.3. The van der Waals surface area contributed by atoms with Gasteiger partial charge in [-0.05, 0) is 24.1 Å². The summed E-state index contributed by atoms with van der Waals surface area (Å²) in [6, 6.07) is 4.03. The lowest BCUT2D eigenvalue weighted by Gasteiger charge is -2.42. The molecule has 0 bridgehead atoms. The number of benzene rings is 1. The molecule has 6 heteroatoms. The first-order valence-corrected chi connectivity index (χ1v) is 8.63. The van der Waals surface area contributed by atoms with Gasteiger partial charge in [0.25, 0.3) is 0 Å². The predicted octanol–water partition coefficient (Wildman–Crippen LogP) is 2.43. The van der Waals surface area contributed by atoms with Crippen LogP contribution in [0.25, 0.3) is 0 Å². The summed E-state index contributed by atoms with van der Waals surface area (Å²) in [6.07, 6.45) is 1.39. The number of β-amino-alcohol motifs (C(OH)–C–C–N with tert-alkyl or cyclic N) is 1. The molecule has 1 aliphatic rings. The molecule has 136 valence electrons. The number of aliphatic hydroxyl groups is 1. The molecule has 2 atom stereocenters. The van der Waals surface area contributed by atoms with Crippen molar-refractivity contribution < 1.29 is 18.6 Å². The number of aliphatic hydroxyl groups excluding tert-OH is 1. The Labute approximate surface area is 143 Å². The summed E-state index contributed by atoms with van der Waals surface area (Å²) in [4.78, 5) is 4.64. The van der Waals surface area contributed by atoms with E-state index in [-0.39, 0.29) is 0 Å². The second kappa shape index (κ2) is 9.42. The van der Waals surface area contributed by atoms with Crippen LogP contribution in [0.3, 0.4) is 0 Å². The van der Waals surface area contributed by atoms with Gasteiger partial charge in [0.15, 0.2) is 11.6 Å². The molecule has 0 saturated carbocycles. The highest BCUT2D eigenvalue weighted by Crippen LogP contribution is 2.20. The van der Waals surface area contributed by atoms with Crippen molar-refractivity contribution in [1.29, 1.82) is 0 Å². The molecular weight excluding hydrogens is 314 g/mol. The lowest BCUT2D eigenvalue weighted by atomic mass is 10.0. The fourth-order valence-corrected chi connectivity index (χ4v) is 3.30. The first kappa shape index (κ1) is 19.2. The van der Waals surface area contributed by atoms with Crippen LogP contribution in [0.4, 0.5) is 8.78 Å². The van der Waals surface area contributed by atoms with E-state index in [0.717, 1.165) is 57.8 Å². The number of halogens is 2. The van der Waals surface area contributed by atoms with Gasteiger partial charge in [0.2, 0.25) is 0 Å². The molecule has 1 aliphatic heterocycles. The summed E-state index contributed by atoms with van der Waals surface area (Å²) in [5.74, 6) is -1.81. The van der Waals surface area contributed by atoms with E-state index in [2.05, 4.69) is 16.7 Å². The van der Waals surface area contributed by atoms with Crippen LogP contribution in [0.2, 0.25) is 0 Å². The van der Waals surface area contributed by atoms with Crippen molar-refractivity contribution in [1.82, 2.24) is 9.80 Å². The van der Waals surface area contributed by atoms with Gasteiger partial charge in [0, 0.05) is 45.9 Å². The normalized spacial score (nSPS) is 21.1. The van der Waals surface area contributed by atoms with E-state index in [0.29, 0.717) is 18.2 Å². The SMILES string of the molecule is CCCC1CN(CC(O)c2ccc(F)c(F)c2)CCN1CCOC. The van der Waals surface area contributed by atoms with E-state index >= 15 is 0 Å². The first-order valence-electron chi connectivity index (χ1n) is 8.63. The Kier molecular flexibility index (Phi) is 7.55. The molecule has 4 nitrogen and oxygen atoms in total. The van der Waals surface area contributed by atoms with Crippen molar-refractivity contribution in [3.63, 3.8) is 0 Å². The van der Waals surface area contributed by atoms with Crippen molar-refractivity contribution in [2.24, 2.45) is 0 Å². The minimum atomic E-state index is -0.917. The molecule has 0 amide bonds. The fourth-order valence-electron chi connectivity index (χ4n) is 3.30. The summed E-state index contributed by atoms with van der Waals surface area (Å²) in [6.45, 7) is 6.90. The van der Waals surface area contributed by atoms with Crippen LogP contribution in [0.15, 0.2) is 18.2 Å². The molecule has 1 fully saturated rings. The third-order valence-corrected chi connectivity index (χ3v) is 4.65. The zero-order valence-electron chi connectivity index (χ0n) is 14.5. The Morgan fingerprint density at radius 2 is 2.08 bits per heavy atom. The molecule has 24 heavy (non-hydrogen) atoms. The van der Waals surface area contributed by atoms with E-state index < -0.39 is 17.7 Å². The molecule has 0 spiro atoms. The van der Waals surface area contributed by atoms with E-state index in [1.54, 1.807) is 7.11 Å². The molecule has 1 saturated heterocycles. The third-order valence-electron chi connectivity index (χ3n) is 4.65. The monoisotopic (exact) mass is 342 g/mol.